The van der Waals surface area contributed by atoms with Crippen LogP contribution in [0.25, 0.3) is 16.9 Å². The van der Waals surface area contributed by atoms with E-state index in [-0.39, 0.29) is 6.42 Å². The molecule has 0 radical (unpaired) electrons. The van der Waals surface area contributed by atoms with Crippen LogP contribution in [-0.4, -0.2) is 26.5 Å². The maximum Gasteiger partial charge on any atom is 0.320 e. The van der Waals surface area contributed by atoms with Crippen LogP contribution >= 0.6 is 0 Å². The Morgan fingerprint density at radius 1 is 1.22 bits per heavy atom. The van der Waals surface area contributed by atoms with Crippen molar-refractivity contribution in [3.63, 3.8) is 0 Å². The third-order valence-corrected chi connectivity index (χ3v) is 3.94. The zero-order valence-corrected chi connectivity index (χ0v) is 13.2. The van der Waals surface area contributed by atoms with Crippen LogP contribution in [0.4, 0.5) is 0 Å². The van der Waals surface area contributed by atoms with Crippen LogP contribution in [0.5, 0.6) is 0 Å². The maximum atomic E-state index is 11.2. The number of aromatic nitrogens is 2. The second kappa shape index (κ2) is 5.85. The molecule has 5 heteroatoms. The minimum Gasteiger partial charge on any atom is -0.480 e. The number of carboxylic acids is 1. The molecule has 0 aliphatic heterocycles. The normalized spacial score (nSPS) is 12.5. The Hall–Kier alpha value is -2.66. The lowest BCUT2D eigenvalue weighted by molar-refractivity contribution is -0.138. The van der Waals surface area contributed by atoms with Crippen LogP contribution in [0.2, 0.25) is 0 Å². The predicted molar refractivity (Wildman–Crippen MR) is 89.4 cm³/mol. The number of aryl methyl sites for hydroxylation is 2. The van der Waals surface area contributed by atoms with Crippen molar-refractivity contribution in [3.8, 4) is 11.3 Å². The summed E-state index contributed by atoms with van der Waals surface area (Å²) in [7, 11) is 0. The van der Waals surface area contributed by atoms with Crippen molar-refractivity contribution in [2.75, 3.05) is 0 Å². The molecule has 0 amide bonds. The summed E-state index contributed by atoms with van der Waals surface area (Å²) >= 11 is 0. The van der Waals surface area contributed by atoms with Gasteiger partial charge in [0, 0.05) is 18.2 Å². The lowest BCUT2D eigenvalue weighted by atomic mass is 10.0. The lowest BCUT2D eigenvalue weighted by Gasteiger charge is -2.09. The molecule has 0 saturated heterocycles. The quantitative estimate of drug-likeness (QED) is 0.776. The summed E-state index contributed by atoms with van der Waals surface area (Å²) in [5, 5.41) is 9.14. The minimum atomic E-state index is -1.01. The number of hydrogen-bond acceptors (Lipinski definition) is 3. The van der Waals surface area contributed by atoms with E-state index in [4.69, 9.17) is 15.8 Å². The van der Waals surface area contributed by atoms with Gasteiger partial charge in [0.15, 0.2) is 0 Å². The van der Waals surface area contributed by atoms with Crippen LogP contribution < -0.4 is 5.73 Å². The molecule has 0 saturated carbocycles. The largest absolute Gasteiger partial charge is 0.480 e. The van der Waals surface area contributed by atoms with E-state index in [2.05, 4.69) is 0 Å². The summed E-state index contributed by atoms with van der Waals surface area (Å²) in [5.41, 5.74) is 11.4. The van der Waals surface area contributed by atoms with E-state index in [1.54, 1.807) is 0 Å². The summed E-state index contributed by atoms with van der Waals surface area (Å²) < 4.78 is 1.92. The van der Waals surface area contributed by atoms with Crippen molar-refractivity contribution in [1.82, 2.24) is 9.38 Å². The number of nitrogens with two attached hydrogens (primary N) is 1. The average molecular weight is 309 g/mol. The number of benzene rings is 1. The van der Waals surface area contributed by atoms with Gasteiger partial charge >= 0.3 is 5.97 Å². The van der Waals surface area contributed by atoms with Gasteiger partial charge in [-0.3, -0.25) is 4.79 Å². The van der Waals surface area contributed by atoms with E-state index in [0.29, 0.717) is 0 Å². The molecule has 5 nitrogen and oxygen atoms in total. The van der Waals surface area contributed by atoms with Gasteiger partial charge in [0.2, 0.25) is 0 Å². The van der Waals surface area contributed by atoms with E-state index in [1.807, 2.05) is 60.8 Å². The Morgan fingerprint density at radius 3 is 2.57 bits per heavy atom. The third-order valence-electron chi connectivity index (χ3n) is 3.94. The molecule has 0 spiro atoms. The van der Waals surface area contributed by atoms with Gasteiger partial charge in [0.05, 0.1) is 11.4 Å². The number of fused-ring (bicyclic) bond motifs is 1. The molecule has 3 rings (SSSR count). The van der Waals surface area contributed by atoms with Gasteiger partial charge in [-0.15, -0.1) is 0 Å². The second-order valence-corrected chi connectivity index (χ2v) is 5.85. The van der Waals surface area contributed by atoms with Gasteiger partial charge in [0.25, 0.3) is 0 Å². The Morgan fingerprint density at radius 2 is 1.91 bits per heavy atom. The molecule has 1 atom stereocenters. The first-order valence-corrected chi connectivity index (χ1v) is 7.48. The standard InChI is InChI=1S/C18H19N3O2/c1-11-3-5-13(6-4-11)17-15(10-14(19)18(22)23)21-8-7-12(2)9-16(21)20-17/h3-9,14H,10,19H2,1-2H3,(H,22,23). The number of carboxylic acid groups (broad SMARTS) is 1. The fourth-order valence-corrected chi connectivity index (χ4v) is 2.63. The van der Waals surface area contributed by atoms with Gasteiger partial charge in [-0.25, -0.2) is 4.98 Å². The number of carbonyl (C=O) groups is 1. The summed E-state index contributed by atoms with van der Waals surface area (Å²) in [6.45, 7) is 4.03. The zero-order chi connectivity index (χ0) is 16.6. The highest BCUT2D eigenvalue weighted by Gasteiger charge is 2.20. The van der Waals surface area contributed by atoms with Crippen LogP contribution in [0, 0.1) is 13.8 Å². The summed E-state index contributed by atoms with van der Waals surface area (Å²) in [5.74, 6) is -1.01. The first kappa shape index (κ1) is 15.2. The highest BCUT2D eigenvalue weighted by molar-refractivity contribution is 5.75. The van der Waals surface area contributed by atoms with Gasteiger partial charge < -0.3 is 15.2 Å². The highest BCUT2D eigenvalue weighted by atomic mass is 16.4. The third kappa shape index (κ3) is 2.96. The maximum absolute atomic E-state index is 11.2. The number of rotatable bonds is 4. The Bertz CT molecular complexity index is 866. The van der Waals surface area contributed by atoms with Crippen molar-refractivity contribution in [2.24, 2.45) is 5.73 Å². The van der Waals surface area contributed by atoms with Crippen molar-refractivity contribution in [2.45, 2.75) is 26.3 Å². The summed E-state index contributed by atoms with van der Waals surface area (Å²) in [6.07, 6.45) is 2.14. The van der Waals surface area contributed by atoms with E-state index in [1.165, 1.54) is 0 Å². The zero-order valence-electron chi connectivity index (χ0n) is 13.2. The van der Waals surface area contributed by atoms with E-state index >= 15 is 0 Å². The Labute approximate surface area is 134 Å². The minimum absolute atomic E-state index is 0.225. The monoisotopic (exact) mass is 309 g/mol. The Kier molecular flexibility index (Phi) is 3.88. The van der Waals surface area contributed by atoms with Crippen molar-refractivity contribution < 1.29 is 9.90 Å². The predicted octanol–water partition coefficient (Wildman–Crippen LogP) is 2.57. The van der Waals surface area contributed by atoms with E-state index < -0.39 is 12.0 Å². The van der Waals surface area contributed by atoms with Crippen LogP contribution in [0.1, 0.15) is 16.8 Å². The number of nitrogens with zero attached hydrogens (tertiary/aromatic N) is 2. The topological polar surface area (TPSA) is 80.6 Å². The fourth-order valence-electron chi connectivity index (χ4n) is 2.63. The molecule has 1 aromatic carbocycles. The van der Waals surface area contributed by atoms with Gasteiger partial charge in [-0.1, -0.05) is 29.8 Å². The second-order valence-electron chi connectivity index (χ2n) is 5.85. The molecule has 118 valence electrons. The molecule has 3 N–H and O–H groups in total. The molecule has 3 aromatic rings. The van der Waals surface area contributed by atoms with Gasteiger partial charge in [-0.05, 0) is 31.5 Å². The molecular formula is C18H19N3O2. The molecule has 2 aromatic heterocycles. The molecule has 0 aliphatic rings. The SMILES string of the molecule is Cc1ccc(-c2nc3cc(C)ccn3c2CC(N)C(=O)O)cc1. The first-order valence-electron chi connectivity index (χ1n) is 7.48. The number of imidazole rings is 1. The first-order chi connectivity index (χ1) is 11.0. The lowest BCUT2D eigenvalue weighted by Crippen LogP contribution is -2.32. The molecular weight excluding hydrogens is 290 g/mol. The van der Waals surface area contributed by atoms with Gasteiger partial charge in [-0.2, -0.15) is 0 Å². The summed E-state index contributed by atoms with van der Waals surface area (Å²) in [4.78, 5) is 15.9. The molecule has 0 fully saturated rings. The molecule has 2 heterocycles. The number of hydrogen-bond donors (Lipinski definition) is 2. The number of aliphatic carboxylic acids is 1. The van der Waals surface area contributed by atoms with E-state index in [0.717, 1.165) is 33.7 Å². The molecule has 0 aliphatic carbocycles. The molecule has 23 heavy (non-hydrogen) atoms. The van der Waals surface area contributed by atoms with Crippen molar-refractivity contribution >= 4 is 11.6 Å². The molecule has 1 unspecified atom stereocenters. The van der Waals surface area contributed by atoms with Crippen LogP contribution in [0.3, 0.4) is 0 Å². The average Bonchev–Trinajstić information content (AvgIpc) is 2.85. The number of pyridine rings is 1. The van der Waals surface area contributed by atoms with Crippen LogP contribution in [0.15, 0.2) is 42.6 Å². The fraction of sp³-hybridized carbons (Fsp3) is 0.222. The highest BCUT2D eigenvalue weighted by Crippen LogP contribution is 2.26. The van der Waals surface area contributed by atoms with Crippen molar-refractivity contribution in [1.29, 1.82) is 0 Å². The summed E-state index contributed by atoms with van der Waals surface area (Å²) in [6, 6.07) is 11.0. The van der Waals surface area contributed by atoms with E-state index in [9.17, 15) is 4.79 Å². The Balaban J connectivity index is 2.18. The van der Waals surface area contributed by atoms with Crippen molar-refractivity contribution in [3.05, 3.63) is 59.4 Å². The van der Waals surface area contributed by atoms with Crippen LogP contribution in [-0.2, 0) is 11.2 Å². The molecule has 0 bridgehead atoms. The smallest absolute Gasteiger partial charge is 0.320 e. The van der Waals surface area contributed by atoms with Gasteiger partial charge in [0.1, 0.15) is 11.7 Å².